The Balaban J connectivity index is 1.91. The van der Waals surface area contributed by atoms with Gasteiger partial charge in [-0.05, 0) is 30.9 Å². The normalized spacial score (nSPS) is 17.3. The van der Waals surface area contributed by atoms with Gasteiger partial charge in [0.15, 0.2) is 5.96 Å². The Morgan fingerprint density at radius 1 is 1.50 bits per heavy atom. The van der Waals surface area contributed by atoms with E-state index >= 15 is 0 Å². The van der Waals surface area contributed by atoms with Crippen molar-refractivity contribution in [3.63, 3.8) is 0 Å². The molecule has 1 aliphatic rings. The summed E-state index contributed by atoms with van der Waals surface area (Å²) in [6, 6.07) is 3.29. The molecular weight excluding hydrogens is 258 g/mol. The van der Waals surface area contributed by atoms with E-state index in [1.54, 1.807) is 12.1 Å². The lowest BCUT2D eigenvalue weighted by Gasteiger charge is -2.30. The predicted molar refractivity (Wildman–Crippen MR) is 75.3 cm³/mol. The SMILES string of the molecule is COC(=O)c1ccc(CN=C(N)N2CCC(C)CC2)o1. The number of hydrogen-bond acceptors (Lipinski definition) is 4. The Morgan fingerprint density at radius 3 is 2.85 bits per heavy atom. The maximum absolute atomic E-state index is 11.3. The first-order chi connectivity index (χ1) is 9.60. The number of methoxy groups -OCH3 is 1. The van der Waals surface area contributed by atoms with Crippen LogP contribution in [0, 0.1) is 5.92 Å². The summed E-state index contributed by atoms with van der Waals surface area (Å²) >= 11 is 0. The highest BCUT2D eigenvalue weighted by atomic mass is 16.5. The molecule has 1 saturated heterocycles. The number of rotatable bonds is 3. The number of nitrogens with two attached hydrogens (primary N) is 1. The van der Waals surface area contributed by atoms with Crippen molar-refractivity contribution in [2.75, 3.05) is 20.2 Å². The third kappa shape index (κ3) is 3.53. The highest BCUT2D eigenvalue weighted by Gasteiger charge is 2.17. The number of furan rings is 1. The Kier molecular flexibility index (Phi) is 4.65. The smallest absolute Gasteiger partial charge is 0.373 e. The zero-order valence-corrected chi connectivity index (χ0v) is 12.0. The second-order valence-electron chi connectivity index (χ2n) is 5.10. The predicted octanol–water partition coefficient (Wildman–Crippen LogP) is 1.61. The Labute approximate surface area is 118 Å². The lowest BCUT2D eigenvalue weighted by atomic mass is 10.00. The number of guanidine groups is 1. The fourth-order valence-electron chi connectivity index (χ4n) is 2.17. The average molecular weight is 279 g/mol. The fraction of sp³-hybridized carbons (Fsp3) is 0.571. The quantitative estimate of drug-likeness (QED) is 0.516. The van der Waals surface area contributed by atoms with Crippen molar-refractivity contribution in [2.45, 2.75) is 26.3 Å². The van der Waals surface area contributed by atoms with Gasteiger partial charge in [0.25, 0.3) is 0 Å². The van der Waals surface area contributed by atoms with Crippen LogP contribution in [0.5, 0.6) is 0 Å². The van der Waals surface area contributed by atoms with Crippen LogP contribution in [0.25, 0.3) is 0 Å². The molecule has 0 spiro atoms. The van der Waals surface area contributed by atoms with Gasteiger partial charge >= 0.3 is 5.97 Å². The van der Waals surface area contributed by atoms with Crippen molar-refractivity contribution in [3.8, 4) is 0 Å². The highest BCUT2D eigenvalue weighted by Crippen LogP contribution is 2.16. The minimum atomic E-state index is -0.488. The molecule has 0 atom stereocenters. The topological polar surface area (TPSA) is 81.1 Å². The lowest BCUT2D eigenvalue weighted by molar-refractivity contribution is 0.0563. The summed E-state index contributed by atoms with van der Waals surface area (Å²) in [6.45, 7) is 4.47. The summed E-state index contributed by atoms with van der Waals surface area (Å²) in [5.74, 6) is 1.58. The number of carbonyl (C=O) groups is 1. The van der Waals surface area contributed by atoms with Crippen LogP contribution < -0.4 is 5.73 Å². The second-order valence-corrected chi connectivity index (χ2v) is 5.10. The van der Waals surface area contributed by atoms with E-state index in [4.69, 9.17) is 10.2 Å². The number of hydrogen-bond donors (Lipinski definition) is 1. The summed E-state index contributed by atoms with van der Waals surface area (Å²) in [5.41, 5.74) is 5.98. The molecule has 0 bridgehead atoms. The van der Waals surface area contributed by atoms with E-state index in [2.05, 4.69) is 21.6 Å². The van der Waals surface area contributed by atoms with E-state index in [-0.39, 0.29) is 5.76 Å². The van der Waals surface area contributed by atoms with Crippen LogP contribution >= 0.6 is 0 Å². The zero-order chi connectivity index (χ0) is 14.5. The molecular formula is C14H21N3O3. The minimum absolute atomic E-state index is 0.183. The molecule has 0 amide bonds. The fourth-order valence-corrected chi connectivity index (χ4v) is 2.17. The molecule has 20 heavy (non-hydrogen) atoms. The van der Waals surface area contributed by atoms with E-state index in [1.807, 2.05) is 0 Å². The first kappa shape index (κ1) is 14.4. The van der Waals surface area contributed by atoms with Crippen molar-refractivity contribution in [1.29, 1.82) is 0 Å². The first-order valence-electron chi connectivity index (χ1n) is 6.82. The summed E-state index contributed by atoms with van der Waals surface area (Å²) in [7, 11) is 1.32. The van der Waals surface area contributed by atoms with E-state index in [1.165, 1.54) is 7.11 Å². The number of ether oxygens (including phenoxy) is 1. The molecule has 1 aliphatic heterocycles. The van der Waals surface area contributed by atoms with Gasteiger partial charge in [0.05, 0.1) is 7.11 Å². The Hall–Kier alpha value is -1.98. The van der Waals surface area contributed by atoms with Crippen LogP contribution in [0.4, 0.5) is 0 Å². The second kappa shape index (κ2) is 6.45. The van der Waals surface area contributed by atoms with Crippen molar-refractivity contribution in [1.82, 2.24) is 4.90 Å². The van der Waals surface area contributed by atoms with E-state index in [0.29, 0.717) is 18.3 Å². The van der Waals surface area contributed by atoms with Gasteiger partial charge in [0.1, 0.15) is 12.3 Å². The first-order valence-corrected chi connectivity index (χ1v) is 6.82. The Bertz CT molecular complexity index is 488. The summed E-state index contributed by atoms with van der Waals surface area (Å²) in [4.78, 5) is 17.7. The Morgan fingerprint density at radius 2 is 2.20 bits per heavy atom. The average Bonchev–Trinajstić information content (AvgIpc) is 2.93. The van der Waals surface area contributed by atoms with Gasteiger partial charge < -0.3 is 19.8 Å². The summed E-state index contributed by atoms with van der Waals surface area (Å²) < 4.78 is 9.91. The number of aliphatic imine (C=N–C) groups is 1. The molecule has 0 aliphatic carbocycles. The third-order valence-electron chi connectivity index (χ3n) is 3.55. The molecule has 0 unspecified atom stereocenters. The van der Waals surface area contributed by atoms with Crippen LogP contribution in [0.15, 0.2) is 21.5 Å². The molecule has 6 heteroatoms. The van der Waals surface area contributed by atoms with Gasteiger partial charge in [0.2, 0.25) is 5.76 Å². The largest absolute Gasteiger partial charge is 0.463 e. The molecule has 6 nitrogen and oxygen atoms in total. The van der Waals surface area contributed by atoms with E-state index < -0.39 is 5.97 Å². The molecule has 0 aromatic carbocycles. The molecule has 2 heterocycles. The lowest BCUT2D eigenvalue weighted by Crippen LogP contribution is -2.42. The maximum Gasteiger partial charge on any atom is 0.373 e. The maximum atomic E-state index is 11.3. The molecule has 2 N–H and O–H groups in total. The number of likely N-dealkylation sites (tertiary alicyclic amines) is 1. The van der Waals surface area contributed by atoms with Gasteiger partial charge in [-0.15, -0.1) is 0 Å². The number of carbonyl (C=O) groups excluding carboxylic acids is 1. The molecule has 1 fully saturated rings. The zero-order valence-electron chi connectivity index (χ0n) is 12.0. The third-order valence-corrected chi connectivity index (χ3v) is 3.55. The van der Waals surface area contributed by atoms with Crippen LogP contribution in [0.2, 0.25) is 0 Å². The standard InChI is InChI=1S/C14H21N3O3/c1-10-5-7-17(8-6-10)14(15)16-9-11-3-4-12(20-11)13(18)19-2/h3-4,10H,5-9H2,1-2H3,(H2,15,16). The van der Waals surface area contributed by atoms with Crippen molar-refractivity contribution in [2.24, 2.45) is 16.6 Å². The molecule has 1 aromatic rings. The number of esters is 1. The van der Waals surface area contributed by atoms with Gasteiger partial charge in [0, 0.05) is 13.1 Å². The monoisotopic (exact) mass is 279 g/mol. The minimum Gasteiger partial charge on any atom is -0.463 e. The van der Waals surface area contributed by atoms with Crippen molar-refractivity contribution in [3.05, 3.63) is 23.7 Å². The van der Waals surface area contributed by atoms with Crippen LogP contribution in [0.3, 0.4) is 0 Å². The molecule has 110 valence electrons. The van der Waals surface area contributed by atoms with Gasteiger partial charge in [-0.25, -0.2) is 9.79 Å². The summed E-state index contributed by atoms with van der Waals surface area (Å²) in [5, 5.41) is 0. The van der Waals surface area contributed by atoms with Gasteiger partial charge in [-0.3, -0.25) is 0 Å². The molecule has 0 radical (unpaired) electrons. The van der Waals surface area contributed by atoms with Crippen LogP contribution in [-0.2, 0) is 11.3 Å². The van der Waals surface area contributed by atoms with Gasteiger partial charge in [-0.1, -0.05) is 6.92 Å². The van der Waals surface area contributed by atoms with Gasteiger partial charge in [-0.2, -0.15) is 0 Å². The van der Waals surface area contributed by atoms with E-state index in [9.17, 15) is 4.79 Å². The van der Waals surface area contributed by atoms with Crippen LogP contribution in [-0.4, -0.2) is 37.0 Å². The number of nitrogens with zero attached hydrogens (tertiary/aromatic N) is 2. The highest BCUT2D eigenvalue weighted by molar-refractivity contribution is 5.86. The van der Waals surface area contributed by atoms with E-state index in [0.717, 1.165) is 31.8 Å². The van der Waals surface area contributed by atoms with Crippen LogP contribution in [0.1, 0.15) is 36.1 Å². The summed E-state index contributed by atoms with van der Waals surface area (Å²) in [6.07, 6.45) is 2.28. The molecule has 0 saturated carbocycles. The van der Waals surface area contributed by atoms with Crippen molar-refractivity contribution < 1.29 is 13.9 Å². The number of piperidine rings is 1. The van der Waals surface area contributed by atoms with Crippen molar-refractivity contribution >= 4 is 11.9 Å². The molecule has 1 aromatic heterocycles. The molecule has 2 rings (SSSR count).